The molecule has 0 bridgehead atoms. The Morgan fingerprint density at radius 3 is 2.74 bits per heavy atom. The number of primary amides is 1. The maximum Gasteiger partial charge on any atom is 0.302 e. The lowest BCUT2D eigenvalue weighted by Gasteiger charge is -2.05. The number of aryl methyl sites for hydroxylation is 1. The van der Waals surface area contributed by atoms with E-state index in [9.17, 15) is 18.4 Å². The lowest BCUT2D eigenvalue weighted by molar-refractivity contribution is -0.141. The molecule has 0 aliphatic rings. The number of amides is 1. The monoisotopic (exact) mass is 340 g/mol. The zero-order chi connectivity index (χ0) is 17.0. The van der Waals surface area contributed by atoms with E-state index in [1.807, 2.05) is 0 Å². The van der Waals surface area contributed by atoms with Gasteiger partial charge in [-0.2, -0.15) is 0 Å². The van der Waals surface area contributed by atoms with E-state index in [2.05, 4.69) is 4.98 Å². The molecule has 0 unspecified atom stereocenters. The van der Waals surface area contributed by atoms with Gasteiger partial charge in [-0.25, -0.2) is 13.8 Å². The van der Waals surface area contributed by atoms with Gasteiger partial charge in [0.25, 0.3) is 5.91 Å². The summed E-state index contributed by atoms with van der Waals surface area (Å²) < 4.78 is 33.0. The third kappa shape index (κ3) is 4.10. The minimum Gasteiger partial charge on any atom is -0.466 e. The minimum absolute atomic E-state index is 0.130. The quantitative estimate of drug-likeness (QED) is 0.647. The molecule has 0 saturated carbocycles. The molecule has 8 heteroatoms. The number of nitrogens with zero attached hydrogens (tertiary/aromatic N) is 1. The molecule has 1 aromatic heterocycles. The standard InChI is InChI=1S/C15H14F2N2O3S/c1-8(20)22-6-2-3-9-7-19-15(23-9)12-11(16)5-4-10(13(12)17)14(18)21/h4-5,7H,2-3,6H2,1H3,(H2,18,21). The molecule has 0 radical (unpaired) electrons. The summed E-state index contributed by atoms with van der Waals surface area (Å²) in [5, 5.41) is 0.130. The first kappa shape index (κ1) is 17.0. The number of benzene rings is 1. The molecule has 0 saturated heterocycles. The van der Waals surface area contributed by atoms with Gasteiger partial charge in [-0.05, 0) is 25.0 Å². The summed E-state index contributed by atoms with van der Waals surface area (Å²) in [6.45, 7) is 1.59. The van der Waals surface area contributed by atoms with Crippen LogP contribution in [-0.4, -0.2) is 23.5 Å². The summed E-state index contributed by atoms with van der Waals surface area (Å²) in [6.07, 6.45) is 2.64. The van der Waals surface area contributed by atoms with Gasteiger partial charge in [-0.1, -0.05) is 0 Å². The molecular formula is C15H14F2N2O3S. The number of rotatable bonds is 6. The number of thiazole rings is 1. The lowest BCUT2D eigenvalue weighted by atomic mass is 10.1. The first-order chi connectivity index (χ1) is 10.9. The zero-order valence-electron chi connectivity index (χ0n) is 12.3. The fourth-order valence-corrected chi connectivity index (χ4v) is 2.93. The molecule has 0 aliphatic carbocycles. The van der Waals surface area contributed by atoms with E-state index in [1.54, 1.807) is 0 Å². The molecule has 23 heavy (non-hydrogen) atoms. The van der Waals surface area contributed by atoms with Crippen molar-refractivity contribution in [3.63, 3.8) is 0 Å². The smallest absolute Gasteiger partial charge is 0.302 e. The van der Waals surface area contributed by atoms with Crippen LogP contribution < -0.4 is 5.73 Å². The normalized spacial score (nSPS) is 10.6. The first-order valence-corrected chi connectivity index (χ1v) is 7.58. The van der Waals surface area contributed by atoms with Crippen molar-refractivity contribution in [2.45, 2.75) is 19.8 Å². The highest BCUT2D eigenvalue weighted by Crippen LogP contribution is 2.31. The van der Waals surface area contributed by atoms with E-state index >= 15 is 0 Å². The average molecular weight is 340 g/mol. The Morgan fingerprint density at radius 1 is 1.35 bits per heavy atom. The van der Waals surface area contributed by atoms with E-state index < -0.39 is 17.5 Å². The molecule has 1 aromatic carbocycles. The Labute approximate surface area is 135 Å². The van der Waals surface area contributed by atoms with E-state index in [0.29, 0.717) is 12.8 Å². The second kappa shape index (κ2) is 7.28. The fraction of sp³-hybridized carbons (Fsp3) is 0.267. The molecule has 2 aromatic rings. The summed E-state index contributed by atoms with van der Waals surface area (Å²) >= 11 is 1.11. The summed E-state index contributed by atoms with van der Waals surface area (Å²) in [5.41, 5.74) is 4.32. The van der Waals surface area contributed by atoms with Crippen molar-refractivity contribution in [3.05, 3.63) is 40.4 Å². The van der Waals surface area contributed by atoms with Crippen LogP contribution >= 0.6 is 11.3 Å². The number of hydrogen-bond donors (Lipinski definition) is 1. The molecule has 5 nitrogen and oxygen atoms in total. The molecule has 1 amide bonds. The van der Waals surface area contributed by atoms with E-state index in [-0.39, 0.29) is 28.7 Å². The highest BCUT2D eigenvalue weighted by Gasteiger charge is 2.20. The first-order valence-electron chi connectivity index (χ1n) is 6.76. The van der Waals surface area contributed by atoms with Crippen LogP contribution in [-0.2, 0) is 16.0 Å². The third-order valence-corrected chi connectivity index (χ3v) is 4.07. The Bertz CT molecular complexity index is 746. The molecule has 122 valence electrons. The summed E-state index contributed by atoms with van der Waals surface area (Å²) in [6, 6.07) is 1.99. The van der Waals surface area contributed by atoms with Gasteiger partial charge in [-0.15, -0.1) is 11.3 Å². The zero-order valence-corrected chi connectivity index (χ0v) is 13.1. The van der Waals surface area contributed by atoms with Gasteiger partial charge < -0.3 is 10.5 Å². The Kier molecular flexibility index (Phi) is 5.38. The Balaban J connectivity index is 2.19. The molecule has 0 aliphatic heterocycles. The van der Waals surface area contributed by atoms with Crippen molar-refractivity contribution in [1.29, 1.82) is 0 Å². The van der Waals surface area contributed by atoms with Crippen LogP contribution in [0.2, 0.25) is 0 Å². The van der Waals surface area contributed by atoms with Crippen LogP contribution in [0.15, 0.2) is 18.3 Å². The lowest BCUT2D eigenvalue weighted by Crippen LogP contribution is -2.14. The topological polar surface area (TPSA) is 82.3 Å². The number of ether oxygens (including phenoxy) is 1. The van der Waals surface area contributed by atoms with E-state index in [4.69, 9.17) is 10.5 Å². The number of carbonyl (C=O) groups excluding carboxylic acids is 2. The van der Waals surface area contributed by atoms with Gasteiger partial charge in [0.2, 0.25) is 0 Å². The van der Waals surface area contributed by atoms with Crippen LogP contribution in [0.4, 0.5) is 8.78 Å². The molecule has 2 rings (SSSR count). The van der Waals surface area contributed by atoms with Crippen LogP contribution in [0.25, 0.3) is 10.6 Å². The Morgan fingerprint density at radius 2 is 2.09 bits per heavy atom. The van der Waals surface area contributed by atoms with Crippen LogP contribution in [0.1, 0.15) is 28.6 Å². The number of halogens is 2. The molecule has 0 fully saturated rings. The molecule has 0 spiro atoms. The van der Waals surface area contributed by atoms with Crippen LogP contribution in [0, 0.1) is 11.6 Å². The highest BCUT2D eigenvalue weighted by atomic mass is 32.1. The number of hydrogen-bond acceptors (Lipinski definition) is 5. The van der Waals surface area contributed by atoms with Crippen molar-refractivity contribution >= 4 is 23.2 Å². The molecule has 1 heterocycles. The number of esters is 1. The summed E-state index contributed by atoms with van der Waals surface area (Å²) in [5.74, 6) is -3.16. The predicted molar refractivity (Wildman–Crippen MR) is 80.9 cm³/mol. The number of aromatic nitrogens is 1. The van der Waals surface area contributed by atoms with Gasteiger partial charge in [-0.3, -0.25) is 9.59 Å². The van der Waals surface area contributed by atoms with Crippen LogP contribution in [0.5, 0.6) is 0 Å². The average Bonchev–Trinajstić information content (AvgIpc) is 2.91. The van der Waals surface area contributed by atoms with Gasteiger partial charge in [0.05, 0.1) is 17.7 Å². The maximum absolute atomic E-state index is 14.2. The van der Waals surface area contributed by atoms with Crippen LogP contribution in [0.3, 0.4) is 0 Å². The number of carbonyl (C=O) groups is 2. The minimum atomic E-state index is -1.02. The van der Waals surface area contributed by atoms with Crippen molar-refractivity contribution in [1.82, 2.24) is 4.98 Å². The van der Waals surface area contributed by atoms with Crippen molar-refractivity contribution in [2.24, 2.45) is 5.73 Å². The van der Waals surface area contributed by atoms with E-state index in [1.165, 1.54) is 13.1 Å². The summed E-state index contributed by atoms with van der Waals surface area (Å²) in [7, 11) is 0. The van der Waals surface area contributed by atoms with Crippen molar-refractivity contribution in [2.75, 3.05) is 6.61 Å². The molecule has 0 atom stereocenters. The molecular weight excluding hydrogens is 326 g/mol. The van der Waals surface area contributed by atoms with Gasteiger partial charge in [0, 0.05) is 18.0 Å². The predicted octanol–water partition coefficient (Wildman–Crippen LogP) is 2.68. The number of nitrogens with two attached hydrogens (primary N) is 1. The highest BCUT2D eigenvalue weighted by molar-refractivity contribution is 7.15. The third-order valence-electron chi connectivity index (χ3n) is 3.00. The maximum atomic E-state index is 14.2. The van der Waals surface area contributed by atoms with E-state index in [0.717, 1.165) is 28.3 Å². The van der Waals surface area contributed by atoms with Gasteiger partial charge in [0.1, 0.15) is 16.6 Å². The second-order valence-corrected chi connectivity index (χ2v) is 5.84. The SMILES string of the molecule is CC(=O)OCCCc1cnc(-c2c(F)ccc(C(N)=O)c2F)s1. The second-order valence-electron chi connectivity index (χ2n) is 4.72. The van der Waals surface area contributed by atoms with Gasteiger partial charge in [0.15, 0.2) is 0 Å². The van der Waals surface area contributed by atoms with Crippen molar-refractivity contribution < 1.29 is 23.1 Å². The Hall–Kier alpha value is -2.35. The van der Waals surface area contributed by atoms with Crippen molar-refractivity contribution in [3.8, 4) is 10.6 Å². The fourth-order valence-electron chi connectivity index (χ4n) is 1.94. The largest absolute Gasteiger partial charge is 0.466 e. The van der Waals surface area contributed by atoms with Gasteiger partial charge >= 0.3 is 5.97 Å². The molecule has 2 N–H and O–H groups in total. The summed E-state index contributed by atoms with van der Waals surface area (Å²) in [4.78, 5) is 26.6.